The van der Waals surface area contributed by atoms with Crippen molar-refractivity contribution in [1.29, 1.82) is 0 Å². The Balaban J connectivity index is 2.38. The van der Waals surface area contributed by atoms with Crippen LogP contribution in [0.5, 0.6) is 0 Å². The van der Waals surface area contributed by atoms with E-state index in [2.05, 4.69) is 25.6 Å². The lowest BCUT2D eigenvalue weighted by Crippen LogP contribution is -2.14. The molecule has 0 radical (unpaired) electrons. The molecule has 0 unspecified atom stereocenters. The summed E-state index contributed by atoms with van der Waals surface area (Å²) in [5.74, 6) is -0.534. The van der Waals surface area contributed by atoms with Gasteiger partial charge in [0.05, 0.1) is 16.0 Å². The molecule has 8 heteroatoms. The summed E-state index contributed by atoms with van der Waals surface area (Å²) in [5.41, 5.74) is -0.0899. The van der Waals surface area contributed by atoms with Gasteiger partial charge in [-0.25, -0.2) is 17.8 Å². The second-order valence-electron chi connectivity index (χ2n) is 3.85. The van der Waals surface area contributed by atoms with E-state index >= 15 is 0 Å². The van der Waals surface area contributed by atoms with E-state index in [1.165, 1.54) is 6.20 Å². The highest BCUT2D eigenvalue weighted by Gasteiger charge is 2.18. The van der Waals surface area contributed by atoms with Gasteiger partial charge >= 0.3 is 0 Å². The first-order chi connectivity index (χ1) is 9.44. The zero-order chi connectivity index (χ0) is 14.8. The van der Waals surface area contributed by atoms with E-state index < -0.39 is 22.4 Å². The fourth-order valence-electron chi connectivity index (χ4n) is 1.49. The van der Waals surface area contributed by atoms with E-state index in [0.29, 0.717) is 4.47 Å². The second-order valence-corrected chi connectivity index (χ2v) is 6.39. The minimum absolute atomic E-state index is 0.0899. The zero-order valence-corrected chi connectivity index (χ0v) is 12.4. The molecule has 20 heavy (non-hydrogen) atoms. The molecule has 0 aliphatic rings. The molecule has 0 aliphatic carbocycles. The SMILES string of the molecule is O=S(=O)(Nc1ncccc1Br)c1ccc(F)c(CO)c1. The van der Waals surface area contributed by atoms with Crippen LogP contribution in [0.2, 0.25) is 0 Å². The molecule has 0 saturated carbocycles. The van der Waals surface area contributed by atoms with E-state index in [1.807, 2.05) is 0 Å². The lowest BCUT2D eigenvalue weighted by molar-refractivity contribution is 0.275. The molecule has 106 valence electrons. The average Bonchev–Trinajstić information content (AvgIpc) is 2.41. The standard InChI is InChI=1S/C12H10BrFN2O3S/c13-10-2-1-5-15-12(10)16-20(18,19)9-3-4-11(14)8(6-9)7-17/h1-6,17H,7H2,(H,15,16). The van der Waals surface area contributed by atoms with Gasteiger partial charge < -0.3 is 5.11 Å². The van der Waals surface area contributed by atoms with Crippen molar-refractivity contribution in [3.8, 4) is 0 Å². The molecule has 2 N–H and O–H groups in total. The molecule has 0 spiro atoms. The van der Waals surface area contributed by atoms with Crippen LogP contribution in [0.3, 0.4) is 0 Å². The van der Waals surface area contributed by atoms with Crippen molar-refractivity contribution in [2.24, 2.45) is 0 Å². The number of aliphatic hydroxyl groups excluding tert-OH is 1. The van der Waals surface area contributed by atoms with Crippen LogP contribution in [0.1, 0.15) is 5.56 Å². The van der Waals surface area contributed by atoms with Crippen LogP contribution >= 0.6 is 15.9 Å². The van der Waals surface area contributed by atoms with Crippen molar-refractivity contribution >= 4 is 31.8 Å². The van der Waals surface area contributed by atoms with E-state index in [0.717, 1.165) is 18.2 Å². The summed E-state index contributed by atoms with van der Waals surface area (Å²) in [4.78, 5) is 3.74. The number of aliphatic hydroxyl groups is 1. The Morgan fingerprint density at radius 2 is 2.10 bits per heavy atom. The molecule has 1 aromatic heterocycles. The first-order valence-electron chi connectivity index (χ1n) is 5.46. The Bertz CT molecular complexity index is 737. The minimum Gasteiger partial charge on any atom is -0.392 e. The van der Waals surface area contributed by atoms with Gasteiger partial charge in [0.25, 0.3) is 10.0 Å². The molecule has 0 aliphatic heterocycles. The van der Waals surface area contributed by atoms with Crippen molar-refractivity contribution in [3.63, 3.8) is 0 Å². The number of rotatable bonds is 4. The average molecular weight is 361 g/mol. The highest BCUT2D eigenvalue weighted by molar-refractivity contribution is 9.10. The van der Waals surface area contributed by atoms with Crippen molar-refractivity contribution in [1.82, 2.24) is 4.98 Å². The van der Waals surface area contributed by atoms with Gasteiger partial charge in [0.15, 0.2) is 5.82 Å². The lowest BCUT2D eigenvalue weighted by Gasteiger charge is -2.09. The number of halogens is 2. The molecule has 0 atom stereocenters. The van der Waals surface area contributed by atoms with Gasteiger partial charge in [-0.1, -0.05) is 0 Å². The van der Waals surface area contributed by atoms with Crippen LogP contribution in [0, 0.1) is 5.82 Å². The van der Waals surface area contributed by atoms with Gasteiger partial charge in [0, 0.05) is 11.8 Å². The maximum Gasteiger partial charge on any atom is 0.263 e. The van der Waals surface area contributed by atoms with E-state index in [4.69, 9.17) is 5.11 Å². The molecular formula is C12H10BrFN2O3S. The van der Waals surface area contributed by atoms with E-state index in [9.17, 15) is 12.8 Å². The van der Waals surface area contributed by atoms with Crippen molar-refractivity contribution in [3.05, 3.63) is 52.4 Å². The number of aromatic nitrogens is 1. The molecule has 0 bridgehead atoms. The third kappa shape index (κ3) is 3.14. The molecule has 2 rings (SSSR count). The van der Waals surface area contributed by atoms with Gasteiger partial charge in [-0.3, -0.25) is 4.72 Å². The number of nitrogens with one attached hydrogen (secondary N) is 1. The monoisotopic (exact) mass is 360 g/mol. The number of pyridine rings is 1. The summed E-state index contributed by atoms with van der Waals surface area (Å²) in [7, 11) is -3.91. The van der Waals surface area contributed by atoms with E-state index in [1.54, 1.807) is 12.1 Å². The topological polar surface area (TPSA) is 79.3 Å². The number of nitrogens with zero attached hydrogens (tertiary/aromatic N) is 1. The molecular weight excluding hydrogens is 351 g/mol. The van der Waals surface area contributed by atoms with Crippen molar-refractivity contribution in [2.45, 2.75) is 11.5 Å². The number of hydrogen-bond donors (Lipinski definition) is 2. The molecule has 2 aromatic rings. The predicted molar refractivity (Wildman–Crippen MR) is 75.1 cm³/mol. The fraction of sp³-hybridized carbons (Fsp3) is 0.0833. The Labute approximate surface area is 123 Å². The number of benzene rings is 1. The van der Waals surface area contributed by atoms with Crippen LogP contribution in [0.15, 0.2) is 45.9 Å². The summed E-state index contributed by atoms with van der Waals surface area (Å²) in [5, 5.41) is 8.97. The van der Waals surface area contributed by atoms with Crippen LogP contribution in [0.4, 0.5) is 10.2 Å². The van der Waals surface area contributed by atoms with Gasteiger partial charge in [0.2, 0.25) is 0 Å². The number of anilines is 1. The van der Waals surface area contributed by atoms with Crippen molar-refractivity contribution < 1.29 is 17.9 Å². The Morgan fingerprint density at radius 1 is 1.35 bits per heavy atom. The number of sulfonamides is 1. The lowest BCUT2D eigenvalue weighted by atomic mass is 10.2. The quantitative estimate of drug-likeness (QED) is 0.876. The second kappa shape index (κ2) is 5.86. The molecule has 1 aromatic carbocycles. The van der Waals surface area contributed by atoms with Crippen LogP contribution < -0.4 is 4.72 Å². The normalized spacial score (nSPS) is 11.3. The summed E-state index contributed by atoms with van der Waals surface area (Å²) < 4.78 is 40.3. The molecule has 0 amide bonds. The Hall–Kier alpha value is -1.51. The number of hydrogen-bond acceptors (Lipinski definition) is 4. The maximum atomic E-state index is 13.3. The largest absolute Gasteiger partial charge is 0.392 e. The minimum atomic E-state index is -3.91. The maximum absolute atomic E-state index is 13.3. The zero-order valence-electron chi connectivity index (χ0n) is 10.0. The summed E-state index contributed by atoms with van der Waals surface area (Å²) in [6.07, 6.45) is 1.44. The van der Waals surface area contributed by atoms with Crippen LogP contribution in [0.25, 0.3) is 0 Å². The molecule has 1 heterocycles. The molecule has 0 saturated heterocycles. The third-order valence-corrected chi connectivity index (χ3v) is 4.46. The van der Waals surface area contributed by atoms with Gasteiger partial charge in [0.1, 0.15) is 5.82 Å². The van der Waals surface area contributed by atoms with Gasteiger partial charge in [-0.05, 0) is 46.3 Å². The van der Waals surface area contributed by atoms with Crippen LogP contribution in [-0.4, -0.2) is 18.5 Å². The Morgan fingerprint density at radius 3 is 2.75 bits per heavy atom. The Kier molecular flexibility index (Phi) is 4.36. The van der Waals surface area contributed by atoms with Crippen molar-refractivity contribution in [2.75, 3.05) is 4.72 Å². The summed E-state index contributed by atoms with van der Waals surface area (Å²) in [6, 6.07) is 6.47. The first-order valence-corrected chi connectivity index (χ1v) is 7.74. The summed E-state index contributed by atoms with van der Waals surface area (Å²) in [6.45, 7) is -0.581. The smallest absolute Gasteiger partial charge is 0.263 e. The highest BCUT2D eigenvalue weighted by atomic mass is 79.9. The van der Waals surface area contributed by atoms with Gasteiger partial charge in [-0.15, -0.1) is 0 Å². The highest BCUT2D eigenvalue weighted by Crippen LogP contribution is 2.23. The first kappa shape index (κ1) is 14.9. The predicted octanol–water partition coefficient (Wildman–Crippen LogP) is 2.28. The molecule has 5 nitrogen and oxygen atoms in total. The fourth-order valence-corrected chi connectivity index (χ4v) is 3.05. The summed E-state index contributed by atoms with van der Waals surface area (Å²) >= 11 is 3.17. The van der Waals surface area contributed by atoms with E-state index in [-0.39, 0.29) is 16.3 Å². The molecule has 0 fully saturated rings. The van der Waals surface area contributed by atoms with Crippen LogP contribution in [-0.2, 0) is 16.6 Å². The third-order valence-electron chi connectivity index (χ3n) is 2.49. The van der Waals surface area contributed by atoms with Gasteiger partial charge in [-0.2, -0.15) is 0 Å².